The highest BCUT2D eigenvalue weighted by atomic mass is 79.9. The summed E-state index contributed by atoms with van der Waals surface area (Å²) in [5.41, 5.74) is 11.7. The molecular weight excluding hydrogens is 302 g/mol. The van der Waals surface area contributed by atoms with E-state index in [0.717, 1.165) is 27.8 Å². The van der Waals surface area contributed by atoms with Crippen LogP contribution in [0.15, 0.2) is 22.7 Å². The minimum Gasteiger partial charge on any atom is -0.324 e. The molecule has 4 heteroatoms. The SMILES string of the molecule is CCc1c(C)nn(-c2ccc([C@@H](C)N)c(Br)c2)c1C. The van der Waals surface area contributed by atoms with Crippen molar-refractivity contribution < 1.29 is 0 Å². The van der Waals surface area contributed by atoms with E-state index < -0.39 is 0 Å². The van der Waals surface area contributed by atoms with Crippen LogP contribution in [-0.4, -0.2) is 9.78 Å². The van der Waals surface area contributed by atoms with E-state index in [4.69, 9.17) is 5.73 Å². The molecule has 0 spiro atoms. The summed E-state index contributed by atoms with van der Waals surface area (Å²) in [7, 11) is 0. The Labute approximate surface area is 122 Å². The molecule has 1 atom stereocenters. The standard InChI is InChI=1S/C15H20BrN3/c1-5-13-10(3)18-19(11(13)4)12-6-7-14(9(2)17)15(16)8-12/h6-9H,5,17H2,1-4H3/t9-/m1/s1. The molecule has 0 saturated heterocycles. The van der Waals surface area contributed by atoms with Crippen molar-refractivity contribution in [1.29, 1.82) is 0 Å². The van der Waals surface area contributed by atoms with Gasteiger partial charge >= 0.3 is 0 Å². The molecule has 0 aliphatic rings. The number of aromatic nitrogens is 2. The number of nitrogens with zero attached hydrogens (tertiary/aromatic N) is 2. The average Bonchev–Trinajstić information content (AvgIpc) is 2.63. The van der Waals surface area contributed by atoms with Gasteiger partial charge in [-0.05, 0) is 50.5 Å². The van der Waals surface area contributed by atoms with Crippen molar-refractivity contribution >= 4 is 15.9 Å². The van der Waals surface area contributed by atoms with Crippen LogP contribution in [0.1, 0.15) is 42.4 Å². The summed E-state index contributed by atoms with van der Waals surface area (Å²) in [6.07, 6.45) is 1.01. The number of benzene rings is 1. The molecule has 19 heavy (non-hydrogen) atoms. The molecule has 0 radical (unpaired) electrons. The Kier molecular flexibility index (Phi) is 4.11. The van der Waals surface area contributed by atoms with Gasteiger partial charge in [0.05, 0.1) is 11.4 Å². The second-order valence-corrected chi connectivity index (χ2v) is 5.76. The third-order valence-corrected chi connectivity index (χ3v) is 4.20. The van der Waals surface area contributed by atoms with Crippen LogP contribution in [0.2, 0.25) is 0 Å². The highest BCUT2D eigenvalue weighted by molar-refractivity contribution is 9.10. The van der Waals surface area contributed by atoms with E-state index in [1.165, 1.54) is 11.3 Å². The van der Waals surface area contributed by atoms with E-state index in [0.29, 0.717) is 0 Å². The fourth-order valence-corrected chi connectivity index (χ4v) is 3.18. The number of halogens is 1. The van der Waals surface area contributed by atoms with E-state index in [-0.39, 0.29) is 6.04 Å². The average molecular weight is 322 g/mol. The Morgan fingerprint density at radius 1 is 1.37 bits per heavy atom. The van der Waals surface area contributed by atoms with E-state index in [1.54, 1.807) is 0 Å². The number of rotatable bonds is 3. The van der Waals surface area contributed by atoms with Gasteiger partial charge in [0.15, 0.2) is 0 Å². The first-order valence-electron chi connectivity index (χ1n) is 6.56. The lowest BCUT2D eigenvalue weighted by Gasteiger charge is -2.11. The molecule has 0 aliphatic heterocycles. The van der Waals surface area contributed by atoms with Gasteiger partial charge in [0.1, 0.15) is 0 Å². The first kappa shape index (κ1) is 14.3. The summed E-state index contributed by atoms with van der Waals surface area (Å²) in [6, 6.07) is 6.24. The molecule has 2 aromatic rings. The molecule has 2 N–H and O–H groups in total. The Balaban J connectivity index is 2.51. The fourth-order valence-electron chi connectivity index (χ4n) is 2.46. The number of hydrogen-bond donors (Lipinski definition) is 1. The van der Waals surface area contributed by atoms with Crippen molar-refractivity contribution in [3.05, 3.63) is 45.2 Å². The predicted molar refractivity (Wildman–Crippen MR) is 82.7 cm³/mol. The van der Waals surface area contributed by atoms with E-state index in [1.807, 2.05) is 11.6 Å². The van der Waals surface area contributed by atoms with Crippen molar-refractivity contribution in [2.75, 3.05) is 0 Å². The van der Waals surface area contributed by atoms with Gasteiger partial charge in [-0.1, -0.05) is 28.9 Å². The van der Waals surface area contributed by atoms with Crippen LogP contribution < -0.4 is 5.73 Å². The summed E-state index contributed by atoms with van der Waals surface area (Å²) in [5, 5.41) is 4.63. The maximum Gasteiger partial charge on any atom is 0.0660 e. The molecule has 0 aliphatic carbocycles. The Morgan fingerprint density at radius 3 is 2.53 bits per heavy atom. The Bertz CT molecular complexity index is 600. The Morgan fingerprint density at radius 2 is 2.05 bits per heavy atom. The molecule has 3 nitrogen and oxygen atoms in total. The molecule has 0 unspecified atom stereocenters. The molecule has 0 bridgehead atoms. The van der Waals surface area contributed by atoms with E-state index in [2.05, 4.69) is 60.0 Å². The van der Waals surface area contributed by atoms with Gasteiger partial charge in [-0.15, -0.1) is 0 Å². The lowest BCUT2D eigenvalue weighted by Crippen LogP contribution is -2.07. The molecule has 1 aromatic heterocycles. The van der Waals surface area contributed by atoms with Crippen molar-refractivity contribution in [2.24, 2.45) is 5.73 Å². The van der Waals surface area contributed by atoms with E-state index in [9.17, 15) is 0 Å². The molecule has 1 heterocycles. The first-order valence-corrected chi connectivity index (χ1v) is 7.35. The van der Waals surface area contributed by atoms with Gasteiger partial charge in [-0.2, -0.15) is 5.10 Å². The van der Waals surface area contributed by atoms with Crippen LogP contribution >= 0.6 is 15.9 Å². The van der Waals surface area contributed by atoms with Crippen molar-refractivity contribution in [3.63, 3.8) is 0 Å². The summed E-state index contributed by atoms with van der Waals surface area (Å²) < 4.78 is 3.04. The van der Waals surface area contributed by atoms with Gasteiger partial charge in [0.2, 0.25) is 0 Å². The zero-order valence-electron chi connectivity index (χ0n) is 11.9. The normalized spacial score (nSPS) is 12.7. The van der Waals surface area contributed by atoms with Gasteiger partial charge in [-0.3, -0.25) is 0 Å². The summed E-state index contributed by atoms with van der Waals surface area (Å²) >= 11 is 3.59. The van der Waals surface area contributed by atoms with Crippen LogP contribution in [0.25, 0.3) is 5.69 Å². The number of hydrogen-bond acceptors (Lipinski definition) is 2. The molecule has 0 amide bonds. The third kappa shape index (κ3) is 2.60. The van der Waals surface area contributed by atoms with Crippen molar-refractivity contribution in [2.45, 2.75) is 40.2 Å². The zero-order valence-corrected chi connectivity index (χ0v) is 13.5. The van der Waals surface area contributed by atoms with Gasteiger partial charge in [0.25, 0.3) is 0 Å². The summed E-state index contributed by atoms with van der Waals surface area (Å²) in [6.45, 7) is 8.33. The highest BCUT2D eigenvalue weighted by Gasteiger charge is 2.12. The van der Waals surface area contributed by atoms with Gasteiger partial charge < -0.3 is 5.73 Å². The third-order valence-electron chi connectivity index (χ3n) is 3.51. The minimum atomic E-state index is 0.0232. The van der Waals surface area contributed by atoms with Crippen LogP contribution in [0.3, 0.4) is 0 Å². The fraction of sp³-hybridized carbons (Fsp3) is 0.400. The van der Waals surface area contributed by atoms with Crippen molar-refractivity contribution in [1.82, 2.24) is 9.78 Å². The molecule has 0 fully saturated rings. The van der Waals surface area contributed by atoms with Crippen LogP contribution in [0, 0.1) is 13.8 Å². The smallest absolute Gasteiger partial charge is 0.0660 e. The second-order valence-electron chi connectivity index (χ2n) is 4.91. The van der Waals surface area contributed by atoms with Crippen LogP contribution in [-0.2, 0) is 6.42 Å². The zero-order chi connectivity index (χ0) is 14.2. The molecule has 2 rings (SSSR count). The summed E-state index contributed by atoms with van der Waals surface area (Å²) in [5.74, 6) is 0. The monoisotopic (exact) mass is 321 g/mol. The maximum absolute atomic E-state index is 5.93. The number of aryl methyl sites for hydroxylation is 1. The lowest BCUT2D eigenvalue weighted by atomic mass is 10.1. The highest BCUT2D eigenvalue weighted by Crippen LogP contribution is 2.26. The topological polar surface area (TPSA) is 43.8 Å². The van der Waals surface area contributed by atoms with Crippen LogP contribution in [0.5, 0.6) is 0 Å². The van der Waals surface area contributed by atoms with Crippen molar-refractivity contribution in [3.8, 4) is 5.69 Å². The summed E-state index contributed by atoms with van der Waals surface area (Å²) in [4.78, 5) is 0. The number of nitrogens with two attached hydrogens (primary N) is 1. The molecule has 102 valence electrons. The molecule has 1 aromatic carbocycles. The van der Waals surface area contributed by atoms with E-state index >= 15 is 0 Å². The predicted octanol–water partition coefficient (Wildman–Crippen LogP) is 3.83. The molecule has 0 saturated carbocycles. The second kappa shape index (κ2) is 5.47. The largest absolute Gasteiger partial charge is 0.324 e. The van der Waals surface area contributed by atoms with Crippen LogP contribution in [0.4, 0.5) is 0 Å². The van der Waals surface area contributed by atoms with Gasteiger partial charge in [0, 0.05) is 16.2 Å². The lowest BCUT2D eigenvalue weighted by molar-refractivity contribution is 0.803. The maximum atomic E-state index is 5.93. The Hall–Kier alpha value is -1.13. The van der Waals surface area contributed by atoms with Gasteiger partial charge in [-0.25, -0.2) is 4.68 Å². The molecular formula is C15H20BrN3. The quantitative estimate of drug-likeness (QED) is 0.933. The first-order chi connectivity index (χ1) is 8.95. The minimum absolute atomic E-state index is 0.0232.